The predicted molar refractivity (Wildman–Crippen MR) is 84.7 cm³/mol. The molecular weight excluding hydrogens is 232 g/mol. The van der Waals surface area contributed by atoms with Gasteiger partial charge in [-0.1, -0.05) is 34.6 Å². The normalized spacial score (nSPS) is 19.1. The number of fused-ring (bicyclic) bond motifs is 1. The van der Waals surface area contributed by atoms with Crippen molar-refractivity contribution in [1.29, 1.82) is 0 Å². The van der Waals surface area contributed by atoms with Gasteiger partial charge < -0.3 is 10.6 Å². The first kappa shape index (κ1) is 14.2. The molecule has 0 fully saturated rings. The van der Waals surface area contributed by atoms with Crippen LogP contribution in [0, 0.1) is 5.41 Å². The number of nitrogens with two attached hydrogens (primary N) is 1. The molecule has 19 heavy (non-hydrogen) atoms. The Morgan fingerprint density at radius 1 is 1.26 bits per heavy atom. The van der Waals surface area contributed by atoms with Crippen molar-refractivity contribution in [2.24, 2.45) is 5.41 Å². The molecule has 0 amide bonds. The molecule has 0 radical (unpaired) electrons. The molecule has 0 aromatic heterocycles. The van der Waals surface area contributed by atoms with Crippen LogP contribution in [0.5, 0.6) is 0 Å². The molecule has 2 rings (SSSR count). The average Bonchev–Trinajstić information content (AvgIpc) is 2.69. The van der Waals surface area contributed by atoms with Gasteiger partial charge in [0.2, 0.25) is 0 Å². The van der Waals surface area contributed by atoms with Crippen LogP contribution in [-0.2, 0) is 6.42 Å². The maximum Gasteiger partial charge on any atom is 0.0406 e. The minimum Gasteiger partial charge on any atom is -0.399 e. The van der Waals surface area contributed by atoms with Gasteiger partial charge in [-0.15, -0.1) is 0 Å². The van der Waals surface area contributed by atoms with E-state index in [0.29, 0.717) is 12.1 Å². The van der Waals surface area contributed by atoms with Crippen molar-refractivity contribution in [3.63, 3.8) is 0 Å². The second-order valence-electron chi connectivity index (χ2n) is 6.85. The summed E-state index contributed by atoms with van der Waals surface area (Å²) in [6.07, 6.45) is 3.53. The van der Waals surface area contributed by atoms with Crippen LogP contribution in [0.15, 0.2) is 18.2 Å². The van der Waals surface area contributed by atoms with Gasteiger partial charge in [-0.05, 0) is 48.4 Å². The second kappa shape index (κ2) is 5.07. The molecule has 1 aliphatic rings. The lowest BCUT2D eigenvalue weighted by Gasteiger charge is -2.41. The van der Waals surface area contributed by atoms with Crippen LogP contribution in [0.2, 0.25) is 0 Å². The quantitative estimate of drug-likeness (QED) is 0.824. The van der Waals surface area contributed by atoms with Gasteiger partial charge in [0.25, 0.3) is 0 Å². The van der Waals surface area contributed by atoms with Gasteiger partial charge in [0.1, 0.15) is 0 Å². The number of benzene rings is 1. The molecule has 106 valence electrons. The fourth-order valence-corrected chi connectivity index (χ4v) is 3.35. The lowest BCUT2D eigenvalue weighted by molar-refractivity contribution is 0.292. The molecule has 2 nitrogen and oxygen atoms in total. The third-order valence-electron chi connectivity index (χ3n) is 4.47. The summed E-state index contributed by atoms with van der Waals surface area (Å²) in [5.41, 5.74) is 9.96. The Morgan fingerprint density at radius 3 is 2.42 bits per heavy atom. The van der Waals surface area contributed by atoms with E-state index in [4.69, 9.17) is 5.73 Å². The molecule has 1 atom stereocenters. The Morgan fingerprint density at radius 2 is 1.89 bits per heavy atom. The van der Waals surface area contributed by atoms with Crippen LogP contribution in [0.25, 0.3) is 0 Å². The number of nitrogen functional groups attached to an aromatic ring is 1. The highest BCUT2D eigenvalue weighted by Crippen LogP contribution is 2.42. The van der Waals surface area contributed by atoms with Crippen molar-refractivity contribution in [2.45, 2.75) is 66.0 Å². The maximum absolute atomic E-state index is 5.95. The van der Waals surface area contributed by atoms with E-state index in [2.05, 4.69) is 51.7 Å². The Balaban J connectivity index is 2.45. The molecule has 2 N–H and O–H groups in total. The van der Waals surface area contributed by atoms with E-state index < -0.39 is 0 Å². The van der Waals surface area contributed by atoms with Gasteiger partial charge in [-0.25, -0.2) is 0 Å². The molecule has 0 bridgehead atoms. The molecular formula is C17H28N2. The van der Waals surface area contributed by atoms with Crippen molar-refractivity contribution >= 4 is 11.4 Å². The van der Waals surface area contributed by atoms with Gasteiger partial charge in [0, 0.05) is 23.5 Å². The predicted octanol–water partition coefficient (Wildman–Crippen LogP) is 4.23. The second-order valence-corrected chi connectivity index (χ2v) is 6.85. The van der Waals surface area contributed by atoms with E-state index in [1.54, 1.807) is 0 Å². The molecule has 0 saturated carbocycles. The molecule has 1 aromatic rings. The Kier molecular flexibility index (Phi) is 3.80. The molecule has 2 heteroatoms. The summed E-state index contributed by atoms with van der Waals surface area (Å²) >= 11 is 0. The van der Waals surface area contributed by atoms with Gasteiger partial charge in [-0.2, -0.15) is 0 Å². The third-order valence-corrected chi connectivity index (χ3v) is 4.47. The zero-order chi connectivity index (χ0) is 14.2. The summed E-state index contributed by atoms with van der Waals surface area (Å²) in [7, 11) is 0. The van der Waals surface area contributed by atoms with Crippen LogP contribution in [0.1, 0.15) is 53.0 Å². The van der Waals surface area contributed by atoms with Crippen LogP contribution >= 0.6 is 0 Å². The Labute approximate surface area is 118 Å². The smallest absolute Gasteiger partial charge is 0.0406 e. The molecule has 1 aromatic carbocycles. The summed E-state index contributed by atoms with van der Waals surface area (Å²) in [6.45, 7) is 11.6. The summed E-state index contributed by atoms with van der Waals surface area (Å²) in [5.74, 6) is 0. The number of nitrogens with zero attached hydrogens (tertiary/aromatic N) is 1. The molecule has 0 saturated heterocycles. The van der Waals surface area contributed by atoms with Crippen molar-refractivity contribution in [2.75, 3.05) is 10.6 Å². The van der Waals surface area contributed by atoms with E-state index in [1.165, 1.54) is 24.1 Å². The average molecular weight is 260 g/mol. The van der Waals surface area contributed by atoms with Crippen molar-refractivity contribution in [3.05, 3.63) is 23.8 Å². The first-order chi connectivity index (χ1) is 8.88. The van der Waals surface area contributed by atoms with E-state index in [0.717, 1.165) is 12.1 Å². The summed E-state index contributed by atoms with van der Waals surface area (Å²) in [5, 5.41) is 0. The largest absolute Gasteiger partial charge is 0.399 e. The fraction of sp³-hybridized carbons (Fsp3) is 0.647. The highest BCUT2D eigenvalue weighted by Gasteiger charge is 2.39. The summed E-state index contributed by atoms with van der Waals surface area (Å²) in [6, 6.07) is 7.63. The first-order valence-electron chi connectivity index (χ1n) is 7.55. The van der Waals surface area contributed by atoms with Gasteiger partial charge in [0.15, 0.2) is 0 Å². The lowest BCUT2D eigenvalue weighted by Crippen LogP contribution is -2.47. The Hall–Kier alpha value is -1.18. The maximum atomic E-state index is 5.95. The van der Waals surface area contributed by atoms with Crippen LogP contribution in [0.4, 0.5) is 11.4 Å². The van der Waals surface area contributed by atoms with Crippen LogP contribution in [0.3, 0.4) is 0 Å². The number of hydrogen-bond donors (Lipinski definition) is 1. The van der Waals surface area contributed by atoms with E-state index in [1.807, 2.05) is 6.07 Å². The minimum atomic E-state index is 0.288. The van der Waals surface area contributed by atoms with Crippen molar-refractivity contribution in [1.82, 2.24) is 0 Å². The molecule has 0 aliphatic carbocycles. The van der Waals surface area contributed by atoms with Crippen molar-refractivity contribution in [3.8, 4) is 0 Å². The molecule has 1 unspecified atom stereocenters. The highest BCUT2D eigenvalue weighted by molar-refractivity contribution is 5.65. The van der Waals surface area contributed by atoms with Crippen LogP contribution < -0.4 is 10.6 Å². The number of hydrogen-bond acceptors (Lipinski definition) is 2. The monoisotopic (exact) mass is 260 g/mol. The minimum absolute atomic E-state index is 0.288. The summed E-state index contributed by atoms with van der Waals surface area (Å²) < 4.78 is 0. The topological polar surface area (TPSA) is 29.3 Å². The third kappa shape index (κ3) is 2.58. The van der Waals surface area contributed by atoms with E-state index in [-0.39, 0.29) is 5.41 Å². The zero-order valence-corrected chi connectivity index (χ0v) is 13.0. The van der Waals surface area contributed by atoms with Gasteiger partial charge in [-0.3, -0.25) is 0 Å². The van der Waals surface area contributed by atoms with Crippen LogP contribution in [-0.4, -0.2) is 12.1 Å². The Bertz CT molecular complexity index is 441. The number of rotatable bonds is 3. The van der Waals surface area contributed by atoms with Gasteiger partial charge >= 0.3 is 0 Å². The highest BCUT2D eigenvalue weighted by atomic mass is 15.2. The lowest BCUT2D eigenvalue weighted by atomic mass is 9.83. The molecule has 1 aliphatic heterocycles. The van der Waals surface area contributed by atoms with E-state index >= 15 is 0 Å². The standard InChI is InChI=1S/C17H28N2/c1-6-14(7-2)19-15-9-8-13(18)10-12(15)11-16(19)17(3,4)5/h8-10,14,16H,6-7,11,18H2,1-5H3. The SMILES string of the molecule is CCC(CC)N1c2ccc(N)cc2CC1C(C)(C)C. The van der Waals surface area contributed by atoms with Crippen molar-refractivity contribution < 1.29 is 0 Å². The molecule has 1 heterocycles. The fourth-order valence-electron chi connectivity index (χ4n) is 3.35. The number of anilines is 2. The summed E-state index contributed by atoms with van der Waals surface area (Å²) in [4.78, 5) is 2.66. The van der Waals surface area contributed by atoms with E-state index in [9.17, 15) is 0 Å². The van der Waals surface area contributed by atoms with Gasteiger partial charge in [0.05, 0.1) is 0 Å². The molecule has 0 spiro atoms. The first-order valence-corrected chi connectivity index (χ1v) is 7.55. The zero-order valence-electron chi connectivity index (χ0n) is 13.0.